The Hall–Kier alpha value is -2.42. The van der Waals surface area contributed by atoms with E-state index in [2.05, 4.69) is 4.99 Å². The summed E-state index contributed by atoms with van der Waals surface area (Å²) in [7, 11) is 0. The van der Waals surface area contributed by atoms with Gasteiger partial charge in [0.1, 0.15) is 0 Å². The lowest BCUT2D eigenvalue weighted by Crippen LogP contribution is -2.08. The molecule has 3 heteroatoms. The number of carbonyl (C=O) groups is 1. The highest BCUT2D eigenvalue weighted by Crippen LogP contribution is 2.26. The molecule has 0 N–H and O–H groups in total. The maximum Gasteiger partial charge on any atom is 0.342 e. The monoisotopic (exact) mass is 251 g/mol. The fourth-order valence-corrected chi connectivity index (χ4v) is 2.02. The van der Waals surface area contributed by atoms with Gasteiger partial charge in [-0.3, -0.25) is 0 Å². The van der Waals surface area contributed by atoms with Crippen molar-refractivity contribution in [2.45, 2.75) is 13.0 Å². The van der Waals surface area contributed by atoms with Crippen LogP contribution in [0.1, 0.15) is 22.7 Å². The topological polar surface area (TPSA) is 38.7 Å². The summed E-state index contributed by atoms with van der Waals surface area (Å²) in [6, 6.07) is 16.7. The number of hydrogen-bond donors (Lipinski definition) is 0. The third kappa shape index (κ3) is 2.27. The lowest BCUT2D eigenvalue weighted by Gasteiger charge is -2.01. The minimum Gasteiger partial charge on any atom is -0.405 e. The molecule has 0 spiro atoms. The van der Waals surface area contributed by atoms with Crippen LogP contribution in [0, 0.1) is 6.92 Å². The zero-order valence-corrected chi connectivity index (χ0v) is 10.5. The largest absolute Gasteiger partial charge is 0.405 e. The number of rotatable bonds is 2. The van der Waals surface area contributed by atoms with Gasteiger partial charge in [-0.25, -0.2) is 9.79 Å². The predicted octanol–water partition coefficient (Wildman–Crippen LogP) is 3.04. The quantitative estimate of drug-likeness (QED) is 0.769. The summed E-state index contributed by atoms with van der Waals surface area (Å²) in [6.45, 7) is 2.01. The molecule has 0 unspecified atom stereocenters. The molecule has 0 bridgehead atoms. The van der Waals surface area contributed by atoms with Gasteiger partial charge >= 0.3 is 5.97 Å². The number of aryl methyl sites for hydroxylation is 1. The first-order valence-electron chi connectivity index (χ1n) is 6.15. The van der Waals surface area contributed by atoms with Crippen molar-refractivity contribution < 1.29 is 9.53 Å². The smallest absolute Gasteiger partial charge is 0.342 e. The third-order valence-corrected chi connectivity index (χ3v) is 3.08. The molecule has 0 fully saturated rings. The van der Waals surface area contributed by atoms with Crippen LogP contribution in [0.2, 0.25) is 0 Å². The first-order chi connectivity index (χ1) is 9.24. The van der Waals surface area contributed by atoms with Crippen molar-refractivity contribution in [1.82, 2.24) is 0 Å². The van der Waals surface area contributed by atoms with E-state index >= 15 is 0 Å². The molecule has 0 saturated heterocycles. The highest BCUT2D eigenvalue weighted by molar-refractivity contribution is 6.06. The summed E-state index contributed by atoms with van der Waals surface area (Å²) in [5.74, 6) is 0.0839. The molecule has 1 atom stereocenters. The van der Waals surface area contributed by atoms with Crippen molar-refractivity contribution in [3.63, 3.8) is 0 Å². The van der Waals surface area contributed by atoms with Gasteiger partial charge in [-0.1, -0.05) is 48.0 Å². The van der Waals surface area contributed by atoms with Crippen LogP contribution in [0.15, 0.2) is 59.6 Å². The summed E-state index contributed by atoms with van der Waals surface area (Å²) in [6.07, 6.45) is 0. The standard InChI is InChI=1S/C16H13NO2/c1-11-7-9-13(10-8-11)15-17-14(16(18)19-15)12-5-3-2-4-6-12/h2-10,14H,1H3/t14-/m0/s1. The molecule has 19 heavy (non-hydrogen) atoms. The summed E-state index contributed by atoms with van der Waals surface area (Å²) < 4.78 is 5.27. The van der Waals surface area contributed by atoms with Crippen LogP contribution in [-0.4, -0.2) is 11.9 Å². The number of ether oxygens (including phenoxy) is 1. The Bertz CT molecular complexity index is 630. The number of nitrogens with zero attached hydrogens (tertiary/aromatic N) is 1. The highest BCUT2D eigenvalue weighted by atomic mass is 16.6. The summed E-state index contributed by atoms with van der Waals surface area (Å²) in [5.41, 5.74) is 2.85. The molecule has 1 aliphatic heterocycles. The van der Waals surface area contributed by atoms with Crippen molar-refractivity contribution in [1.29, 1.82) is 0 Å². The third-order valence-electron chi connectivity index (χ3n) is 3.08. The molecular weight excluding hydrogens is 238 g/mol. The summed E-state index contributed by atoms with van der Waals surface area (Å²) in [4.78, 5) is 16.3. The van der Waals surface area contributed by atoms with Crippen LogP contribution in [0.25, 0.3) is 0 Å². The number of esters is 1. The number of aliphatic imine (C=N–C) groups is 1. The molecule has 2 aromatic carbocycles. The van der Waals surface area contributed by atoms with Crippen LogP contribution >= 0.6 is 0 Å². The van der Waals surface area contributed by atoms with Crippen LogP contribution < -0.4 is 0 Å². The van der Waals surface area contributed by atoms with E-state index in [-0.39, 0.29) is 5.97 Å². The average Bonchev–Trinajstić information content (AvgIpc) is 2.83. The molecule has 0 aromatic heterocycles. The predicted molar refractivity (Wildman–Crippen MR) is 73.0 cm³/mol. The highest BCUT2D eigenvalue weighted by Gasteiger charge is 2.30. The Morgan fingerprint density at radius 3 is 2.37 bits per heavy atom. The SMILES string of the molecule is Cc1ccc(C2=N[C@@H](c3ccccc3)C(=O)O2)cc1. The van der Waals surface area contributed by atoms with E-state index < -0.39 is 6.04 Å². The van der Waals surface area contributed by atoms with Gasteiger partial charge in [0.05, 0.1) is 0 Å². The Balaban J connectivity index is 1.93. The van der Waals surface area contributed by atoms with Crippen molar-refractivity contribution >= 4 is 11.9 Å². The van der Waals surface area contributed by atoms with Gasteiger partial charge in [0.2, 0.25) is 5.90 Å². The van der Waals surface area contributed by atoms with Gasteiger partial charge in [0.25, 0.3) is 0 Å². The van der Waals surface area contributed by atoms with Crippen molar-refractivity contribution in [3.8, 4) is 0 Å². The molecule has 3 nitrogen and oxygen atoms in total. The van der Waals surface area contributed by atoms with Gasteiger partial charge in [0, 0.05) is 5.56 Å². The fourth-order valence-electron chi connectivity index (χ4n) is 2.02. The molecular formula is C16H13NO2. The minimum atomic E-state index is -0.544. The van der Waals surface area contributed by atoms with Gasteiger partial charge < -0.3 is 4.74 Å². The van der Waals surface area contributed by atoms with Crippen LogP contribution in [-0.2, 0) is 9.53 Å². The van der Waals surface area contributed by atoms with E-state index in [1.165, 1.54) is 0 Å². The zero-order chi connectivity index (χ0) is 13.2. The Morgan fingerprint density at radius 2 is 1.68 bits per heavy atom. The zero-order valence-electron chi connectivity index (χ0n) is 10.5. The second-order valence-corrected chi connectivity index (χ2v) is 4.53. The number of benzene rings is 2. The van der Waals surface area contributed by atoms with Gasteiger partial charge in [-0.15, -0.1) is 0 Å². The number of hydrogen-bond acceptors (Lipinski definition) is 3. The first kappa shape index (κ1) is 11.7. The number of cyclic esters (lactones) is 1. The fraction of sp³-hybridized carbons (Fsp3) is 0.125. The lowest BCUT2D eigenvalue weighted by molar-refractivity contribution is -0.135. The van der Waals surface area contributed by atoms with E-state index in [4.69, 9.17) is 4.74 Å². The Morgan fingerprint density at radius 1 is 1.00 bits per heavy atom. The van der Waals surface area contributed by atoms with Crippen molar-refractivity contribution in [2.75, 3.05) is 0 Å². The van der Waals surface area contributed by atoms with Gasteiger partial charge in [-0.2, -0.15) is 0 Å². The van der Waals surface area contributed by atoms with Crippen LogP contribution in [0.3, 0.4) is 0 Å². The van der Waals surface area contributed by atoms with E-state index in [0.29, 0.717) is 5.90 Å². The average molecular weight is 251 g/mol. The van der Waals surface area contributed by atoms with E-state index in [1.54, 1.807) is 0 Å². The Kier molecular flexibility index (Phi) is 2.88. The van der Waals surface area contributed by atoms with Crippen molar-refractivity contribution in [3.05, 3.63) is 71.3 Å². The molecule has 0 radical (unpaired) electrons. The number of carbonyl (C=O) groups excluding carboxylic acids is 1. The van der Waals surface area contributed by atoms with E-state index in [1.807, 2.05) is 61.5 Å². The van der Waals surface area contributed by atoms with E-state index in [9.17, 15) is 4.79 Å². The normalized spacial score (nSPS) is 18.1. The second-order valence-electron chi connectivity index (χ2n) is 4.53. The Labute approximate surface area is 111 Å². The maximum absolute atomic E-state index is 11.9. The molecule has 1 heterocycles. The molecule has 3 rings (SSSR count). The van der Waals surface area contributed by atoms with Crippen LogP contribution in [0.5, 0.6) is 0 Å². The molecule has 2 aromatic rings. The summed E-state index contributed by atoms with van der Waals surface area (Å²) >= 11 is 0. The molecule has 0 amide bonds. The molecule has 94 valence electrons. The van der Waals surface area contributed by atoms with Gasteiger partial charge in [-0.05, 0) is 24.6 Å². The molecule has 0 saturated carbocycles. The second kappa shape index (κ2) is 4.69. The van der Waals surface area contributed by atoms with Gasteiger partial charge in [0.15, 0.2) is 6.04 Å². The molecule has 1 aliphatic rings. The van der Waals surface area contributed by atoms with Crippen molar-refractivity contribution in [2.24, 2.45) is 4.99 Å². The van der Waals surface area contributed by atoms with E-state index in [0.717, 1.165) is 16.7 Å². The maximum atomic E-state index is 11.9. The minimum absolute atomic E-state index is 0.318. The summed E-state index contributed by atoms with van der Waals surface area (Å²) in [5, 5.41) is 0. The first-order valence-corrected chi connectivity index (χ1v) is 6.15. The molecule has 0 aliphatic carbocycles. The van der Waals surface area contributed by atoms with Crippen LogP contribution in [0.4, 0.5) is 0 Å². The lowest BCUT2D eigenvalue weighted by atomic mass is 10.1.